The van der Waals surface area contributed by atoms with Gasteiger partial charge in [-0.25, -0.2) is 8.42 Å². The summed E-state index contributed by atoms with van der Waals surface area (Å²) in [5, 5.41) is 0.536. The molecule has 0 aliphatic carbocycles. The zero-order valence-corrected chi connectivity index (χ0v) is 14.2. The van der Waals surface area contributed by atoms with Crippen molar-refractivity contribution in [1.82, 2.24) is 0 Å². The molecule has 0 unspecified atom stereocenters. The molecule has 2 aromatic carbocycles. The van der Waals surface area contributed by atoms with Crippen LogP contribution in [0, 0.1) is 6.92 Å². The summed E-state index contributed by atoms with van der Waals surface area (Å²) in [5.74, 6) is 0.695. The molecule has 2 aromatic rings. The number of nitrogens with one attached hydrogen (secondary N) is 1. The van der Waals surface area contributed by atoms with Gasteiger partial charge in [-0.05, 0) is 68.8 Å². The molecule has 1 N–H and O–H groups in total. The number of hydrogen-bond donors (Lipinski definition) is 1. The third-order valence-corrected chi connectivity index (χ3v) is 4.72. The van der Waals surface area contributed by atoms with Crippen molar-refractivity contribution < 1.29 is 13.2 Å². The van der Waals surface area contributed by atoms with Gasteiger partial charge in [0.1, 0.15) is 5.75 Å². The Morgan fingerprint density at radius 1 is 1.09 bits per heavy atom. The summed E-state index contributed by atoms with van der Waals surface area (Å²) in [6.07, 6.45) is 0.0691. The second kappa shape index (κ2) is 6.58. The lowest BCUT2D eigenvalue weighted by Gasteiger charge is -2.12. The highest BCUT2D eigenvalue weighted by Crippen LogP contribution is 2.23. The summed E-state index contributed by atoms with van der Waals surface area (Å²) in [5.41, 5.74) is 1.19. The molecule has 0 aromatic heterocycles. The molecule has 0 saturated carbocycles. The second-order valence-corrected chi connectivity index (χ2v) is 7.30. The summed E-state index contributed by atoms with van der Waals surface area (Å²) >= 11 is 5.92. The van der Waals surface area contributed by atoms with Gasteiger partial charge in [-0.1, -0.05) is 11.6 Å². The minimum absolute atomic E-state index is 0.0691. The topological polar surface area (TPSA) is 55.4 Å². The molecule has 0 aliphatic heterocycles. The highest BCUT2D eigenvalue weighted by molar-refractivity contribution is 7.92. The SMILES string of the molecule is Cc1cc(S(=O)(=O)Nc2ccc(OC(C)C)cc2)ccc1Cl. The highest BCUT2D eigenvalue weighted by atomic mass is 35.5. The number of halogens is 1. The van der Waals surface area contributed by atoms with Crippen LogP contribution in [0.2, 0.25) is 5.02 Å². The lowest BCUT2D eigenvalue weighted by molar-refractivity contribution is 0.242. The van der Waals surface area contributed by atoms with E-state index < -0.39 is 10.0 Å². The van der Waals surface area contributed by atoms with Gasteiger partial charge in [-0.15, -0.1) is 0 Å². The van der Waals surface area contributed by atoms with Crippen molar-refractivity contribution in [3.63, 3.8) is 0 Å². The largest absolute Gasteiger partial charge is 0.491 e. The third-order valence-electron chi connectivity index (χ3n) is 2.92. The van der Waals surface area contributed by atoms with Gasteiger partial charge in [0.05, 0.1) is 11.0 Å². The molecular weight excluding hydrogens is 322 g/mol. The predicted octanol–water partition coefficient (Wildman–Crippen LogP) is 4.24. The van der Waals surface area contributed by atoms with E-state index in [0.29, 0.717) is 22.0 Å². The molecule has 4 nitrogen and oxygen atoms in total. The smallest absolute Gasteiger partial charge is 0.261 e. The Morgan fingerprint density at radius 2 is 1.73 bits per heavy atom. The van der Waals surface area contributed by atoms with Gasteiger partial charge in [-0.2, -0.15) is 0 Å². The fourth-order valence-corrected chi connectivity index (χ4v) is 3.13. The Morgan fingerprint density at radius 3 is 2.27 bits per heavy atom. The van der Waals surface area contributed by atoms with Crippen molar-refractivity contribution in [1.29, 1.82) is 0 Å². The van der Waals surface area contributed by atoms with Gasteiger partial charge in [0.2, 0.25) is 0 Å². The van der Waals surface area contributed by atoms with Gasteiger partial charge in [0.15, 0.2) is 0 Å². The molecule has 2 rings (SSSR count). The molecule has 0 spiro atoms. The van der Waals surface area contributed by atoms with Gasteiger partial charge >= 0.3 is 0 Å². The molecule has 0 aliphatic rings. The summed E-state index contributed by atoms with van der Waals surface area (Å²) < 4.78 is 32.7. The second-order valence-electron chi connectivity index (χ2n) is 5.21. The fraction of sp³-hybridized carbons (Fsp3) is 0.250. The van der Waals surface area contributed by atoms with Crippen molar-refractivity contribution >= 4 is 27.3 Å². The van der Waals surface area contributed by atoms with E-state index in [9.17, 15) is 8.42 Å². The van der Waals surface area contributed by atoms with Gasteiger partial charge in [0, 0.05) is 10.7 Å². The van der Waals surface area contributed by atoms with E-state index in [4.69, 9.17) is 16.3 Å². The number of sulfonamides is 1. The molecule has 0 bridgehead atoms. The van der Waals surface area contributed by atoms with Crippen LogP contribution in [0.4, 0.5) is 5.69 Å². The van der Waals surface area contributed by atoms with E-state index in [1.165, 1.54) is 6.07 Å². The third kappa shape index (κ3) is 4.15. The maximum Gasteiger partial charge on any atom is 0.261 e. The first-order valence-electron chi connectivity index (χ1n) is 6.83. The average Bonchev–Trinajstić information content (AvgIpc) is 2.43. The normalized spacial score (nSPS) is 11.5. The minimum Gasteiger partial charge on any atom is -0.491 e. The van der Waals surface area contributed by atoms with Crippen molar-refractivity contribution in [2.45, 2.75) is 31.8 Å². The molecule has 0 saturated heterocycles. The molecule has 0 fully saturated rings. The Kier molecular flexibility index (Phi) is 4.98. The highest BCUT2D eigenvalue weighted by Gasteiger charge is 2.15. The molecule has 0 heterocycles. The van der Waals surface area contributed by atoms with E-state index in [1.807, 2.05) is 13.8 Å². The van der Waals surface area contributed by atoms with Crippen LogP contribution in [0.25, 0.3) is 0 Å². The van der Waals surface area contributed by atoms with Gasteiger partial charge in [0.25, 0.3) is 10.0 Å². The maximum atomic E-state index is 12.3. The Labute approximate surface area is 136 Å². The predicted molar refractivity (Wildman–Crippen MR) is 89.2 cm³/mol. The van der Waals surface area contributed by atoms with Crippen LogP contribution in [0.3, 0.4) is 0 Å². The maximum absolute atomic E-state index is 12.3. The van der Waals surface area contributed by atoms with Crippen molar-refractivity contribution in [3.8, 4) is 5.75 Å². The summed E-state index contributed by atoms with van der Waals surface area (Å²) in [4.78, 5) is 0.178. The molecule has 0 radical (unpaired) electrons. The standard InChI is InChI=1S/C16H18ClNO3S/c1-11(2)21-14-6-4-13(5-7-14)18-22(19,20)15-8-9-16(17)12(3)10-15/h4-11,18H,1-3H3. The Balaban J connectivity index is 2.19. The lowest BCUT2D eigenvalue weighted by atomic mass is 10.2. The quantitative estimate of drug-likeness (QED) is 0.886. The van der Waals surface area contributed by atoms with E-state index in [-0.39, 0.29) is 11.0 Å². The van der Waals surface area contributed by atoms with Gasteiger partial charge in [-0.3, -0.25) is 4.72 Å². The first-order chi connectivity index (χ1) is 10.3. The van der Waals surface area contributed by atoms with Crippen molar-refractivity contribution in [2.75, 3.05) is 4.72 Å². The first kappa shape index (κ1) is 16.6. The first-order valence-corrected chi connectivity index (χ1v) is 8.70. The van der Waals surface area contributed by atoms with E-state index >= 15 is 0 Å². The average molecular weight is 340 g/mol. The molecule has 0 amide bonds. The van der Waals surface area contributed by atoms with Crippen LogP contribution in [-0.2, 0) is 10.0 Å². The fourth-order valence-electron chi connectivity index (χ4n) is 1.87. The zero-order chi connectivity index (χ0) is 16.3. The van der Waals surface area contributed by atoms with Crippen LogP contribution in [0.5, 0.6) is 5.75 Å². The van der Waals surface area contributed by atoms with Crippen molar-refractivity contribution in [2.24, 2.45) is 0 Å². The number of ether oxygens (including phenoxy) is 1. The summed E-state index contributed by atoms with van der Waals surface area (Å²) in [7, 11) is -3.64. The number of anilines is 1. The van der Waals surface area contributed by atoms with E-state index in [1.54, 1.807) is 43.3 Å². The molecule has 22 heavy (non-hydrogen) atoms. The van der Waals surface area contributed by atoms with Crippen LogP contribution in [0.1, 0.15) is 19.4 Å². The number of benzene rings is 2. The zero-order valence-electron chi connectivity index (χ0n) is 12.6. The Bertz CT molecular complexity index is 755. The van der Waals surface area contributed by atoms with Crippen LogP contribution >= 0.6 is 11.6 Å². The van der Waals surface area contributed by atoms with E-state index in [0.717, 1.165) is 0 Å². The lowest BCUT2D eigenvalue weighted by Crippen LogP contribution is -2.13. The summed E-state index contributed by atoms with van der Waals surface area (Å²) in [6.45, 7) is 5.62. The number of rotatable bonds is 5. The molecule has 0 atom stereocenters. The number of aryl methyl sites for hydroxylation is 1. The Hall–Kier alpha value is -1.72. The molecular formula is C16H18ClNO3S. The number of hydrogen-bond acceptors (Lipinski definition) is 3. The molecule has 118 valence electrons. The van der Waals surface area contributed by atoms with Crippen LogP contribution < -0.4 is 9.46 Å². The van der Waals surface area contributed by atoms with Crippen LogP contribution in [-0.4, -0.2) is 14.5 Å². The van der Waals surface area contributed by atoms with E-state index in [2.05, 4.69) is 4.72 Å². The summed E-state index contributed by atoms with van der Waals surface area (Å²) in [6, 6.07) is 11.4. The monoisotopic (exact) mass is 339 g/mol. The van der Waals surface area contributed by atoms with Crippen LogP contribution in [0.15, 0.2) is 47.4 Å². The minimum atomic E-state index is -3.64. The molecule has 6 heteroatoms. The van der Waals surface area contributed by atoms with Crippen molar-refractivity contribution in [3.05, 3.63) is 53.1 Å². The van der Waals surface area contributed by atoms with Gasteiger partial charge < -0.3 is 4.74 Å².